The van der Waals surface area contributed by atoms with Gasteiger partial charge in [-0.3, -0.25) is 4.79 Å². The number of allylic oxidation sites excluding steroid dienone is 1. The first-order valence-electron chi connectivity index (χ1n) is 5.88. The van der Waals surface area contributed by atoms with Crippen molar-refractivity contribution < 1.29 is 19.1 Å². The third-order valence-electron chi connectivity index (χ3n) is 2.64. The van der Waals surface area contributed by atoms with Crippen molar-refractivity contribution in [1.82, 2.24) is 0 Å². The molecule has 0 aliphatic rings. The molecule has 2 rings (SSSR count). The maximum Gasteiger partial charge on any atom is 0.187 e. The summed E-state index contributed by atoms with van der Waals surface area (Å²) in [5, 5.41) is 9.67. The number of hydrogen-bond donors (Lipinski definition) is 1. The lowest BCUT2D eigenvalue weighted by molar-refractivity contribution is 0.104. The molecule has 0 radical (unpaired) electrons. The molecule has 0 fully saturated rings. The first-order chi connectivity index (χ1) is 9.61. The molecule has 0 saturated heterocycles. The lowest BCUT2D eigenvalue weighted by Crippen LogP contribution is -2.00. The molecule has 0 unspecified atom stereocenters. The monoisotopic (exact) mass is 336 g/mol. The van der Waals surface area contributed by atoms with E-state index >= 15 is 0 Å². The molecule has 1 aromatic carbocycles. The molecule has 0 aliphatic heterocycles. The van der Waals surface area contributed by atoms with Crippen LogP contribution in [-0.2, 0) is 11.3 Å². The molecule has 1 heterocycles. The smallest absolute Gasteiger partial charge is 0.187 e. The molecular formula is C15H13BrO4. The van der Waals surface area contributed by atoms with E-state index in [9.17, 15) is 9.90 Å². The van der Waals surface area contributed by atoms with Crippen LogP contribution in [0.15, 0.2) is 45.5 Å². The SMILES string of the molecule is COCc1cc(O)cc(C(=O)/C=C/c2ccco2)c1Br. The summed E-state index contributed by atoms with van der Waals surface area (Å²) in [6.45, 7) is 0.303. The Hall–Kier alpha value is -1.85. The Labute approximate surface area is 124 Å². The summed E-state index contributed by atoms with van der Waals surface area (Å²) in [7, 11) is 1.55. The normalized spacial score (nSPS) is 11.1. The number of phenols is 1. The van der Waals surface area contributed by atoms with Crippen molar-refractivity contribution in [2.24, 2.45) is 0 Å². The molecule has 0 amide bonds. The number of benzene rings is 1. The molecule has 0 aliphatic carbocycles. The van der Waals surface area contributed by atoms with Gasteiger partial charge in [0.1, 0.15) is 11.5 Å². The number of furan rings is 1. The molecule has 104 valence electrons. The third-order valence-corrected chi connectivity index (χ3v) is 3.58. The quantitative estimate of drug-likeness (QED) is 0.666. The van der Waals surface area contributed by atoms with Gasteiger partial charge in [0.2, 0.25) is 0 Å². The second-order valence-corrected chi connectivity index (χ2v) is 4.91. The molecule has 0 saturated carbocycles. The van der Waals surface area contributed by atoms with Gasteiger partial charge >= 0.3 is 0 Å². The van der Waals surface area contributed by atoms with E-state index in [1.807, 2.05) is 0 Å². The van der Waals surface area contributed by atoms with Gasteiger partial charge in [-0.25, -0.2) is 0 Å². The summed E-state index contributed by atoms with van der Waals surface area (Å²) in [5.41, 5.74) is 1.09. The van der Waals surface area contributed by atoms with Crippen LogP contribution >= 0.6 is 15.9 Å². The molecule has 0 bridgehead atoms. The second kappa shape index (κ2) is 6.54. The predicted octanol–water partition coefficient (Wildman–Crippen LogP) is 3.79. The van der Waals surface area contributed by atoms with E-state index in [1.54, 1.807) is 31.4 Å². The van der Waals surface area contributed by atoms with E-state index in [-0.39, 0.29) is 11.5 Å². The summed E-state index contributed by atoms with van der Waals surface area (Å²) in [4.78, 5) is 12.2. The van der Waals surface area contributed by atoms with Crippen LogP contribution in [0.5, 0.6) is 5.75 Å². The van der Waals surface area contributed by atoms with Gasteiger partial charge in [-0.05, 0) is 57.9 Å². The van der Waals surface area contributed by atoms with Crippen molar-refractivity contribution in [1.29, 1.82) is 0 Å². The Morgan fingerprint density at radius 1 is 1.50 bits per heavy atom. The van der Waals surface area contributed by atoms with Gasteiger partial charge < -0.3 is 14.3 Å². The zero-order chi connectivity index (χ0) is 14.5. The number of aromatic hydroxyl groups is 1. The van der Waals surface area contributed by atoms with E-state index < -0.39 is 0 Å². The van der Waals surface area contributed by atoms with Gasteiger partial charge in [-0.1, -0.05) is 0 Å². The zero-order valence-electron chi connectivity index (χ0n) is 10.8. The van der Waals surface area contributed by atoms with E-state index in [4.69, 9.17) is 9.15 Å². The van der Waals surface area contributed by atoms with Crippen molar-refractivity contribution in [2.45, 2.75) is 6.61 Å². The van der Waals surface area contributed by atoms with Gasteiger partial charge in [0.25, 0.3) is 0 Å². The first kappa shape index (κ1) is 14.6. The fourth-order valence-corrected chi connectivity index (χ4v) is 2.28. The minimum Gasteiger partial charge on any atom is -0.508 e. The summed E-state index contributed by atoms with van der Waals surface area (Å²) < 4.78 is 10.8. The highest BCUT2D eigenvalue weighted by atomic mass is 79.9. The number of carbonyl (C=O) groups excluding carboxylic acids is 1. The maximum atomic E-state index is 12.2. The van der Waals surface area contributed by atoms with Crippen LogP contribution in [0.2, 0.25) is 0 Å². The largest absolute Gasteiger partial charge is 0.508 e. The number of methoxy groups -OCH3 is 1. The number of hydrogen-bond acceptors (Lipinski definition) is 4. The third kappa shape index (κ3) is 3.37. The lowest BCUT2D eigenvalue weighted by atomic mass is 10.1. The Morgan fingerprint density at radius 3 is 2.95 bits per heavy atom. The average molecular weight is 337 g/mol. The highest BCUT2D eigenvalue weighted by Crippen LogP contribution is 2.28. The number of carbonyl (C=O) groups is 1. The molecule has 1 aromatic heterocycles. The van der Waals surface area contributed by atoms with Gasteiger partial charge in [0.05, 0.1) is 12.9 Å². The van der Waals surface area contributed by atoms with Crippen LogP contribution < -0.4 is 0 Å². The van der Waals surface area contributed by atoms with Gasteiger partial charge in [-0.15, -0.1) is 0 Å². The standard InChI is InChI=1S/C15H13BrO4/c1-19-9-10-7-11(17)8-13(15(10)16)14(18)5-4-12-3-2-6-20-12/h2-8,17H,9H2,1H3/b5-4+. The first-order valence-corrected chi connectivity index (χ1v) is 6.67. The van der Waals surface area contributed by atoms with Crippen LogP contribution in [0.3, 0.4) is 0 Å². The number of rotatable bonds is 5. The number of phenolic OH excluding ortho intramolecular Hbond substituents is 1. The van der Waals surface area contributed by atoms with E-state index in [2.05, 4.69) is 15.9 Å². The van der Waals surface area contributed by atoms with Crippen LogP contribution in [0, 0.1) is 0 Å². The Bertz CT molecular complexity index is 630. The van der Waals surface area contributed by atoms with Gasteiger partial charge in [-0.2, -0.15) is 0 Å². The van der Waals surface area contributed by atoms with Gasteiger partial charge in [0.15, 0.2) is 5.78 Å². The molecule has 4 nitrogen and oxygen atoms in total. The molecule has 20 heavy (non-hydrogen) atoms. The fourth-order valence-electron chi connectivity index (χ4n) is 1.74. The number of ether oxygens (including phenoxy) is 1. The average Bonchev–Trinajstić information content (AvgIpc) is 2.93. The number of ketones is 1. The predicted molar refractivity (Wildman–Crippen MR) is 78.6 cm³/mol. The summed E-state index contributed by atoms with van der Waals surface area (Å²) in [6, 6.07) is 6.46. The highest BCUT2D eigenvalue weighted by Gasteiger charge is 2.13. The molecule has 0 spiro atoms. The summed E-state index contributed by atoms with van der Waals surface area (Å²) in [6.07, 6.45) is 4.51. The fraction of sp³-hybridized carbons (Fsp3) is 0.133. The molecule has 5 heteroatoms. The molecule has 1 N–H and O–H groups in total. The molecule has 2 aromatic rings. The lowest BCUT2D eigenvalue weighted by Gasteiger charge is -2.08. The topological polar surface area (TPSA) is 59.7 Å². The summed E-state index contributed by atoms with van der Waals surface area (Å²) >= 11 is 3.37. The molecular weight excluding hydrogens is 324 g/mol. The van der Waals surface area contributed by atoms with Crippen LogP contribution in [0.25, 0.3) is 6.08 Å². The van der Waals surface area contributed by atoms with Crippen LogP contribution in [0.1, 0.15) is 21.7 Å². The Kier molecular flexibility index (Phi) is 4.76. The molecule has 0 atom stereocenters. The van der Waals surface area contributed by atoms with E-state index in [0.717, 1.165) is 0 Å². The maximum absolute atomic E-state index is 12.2. The summed E-state index contributed by atoms with van der Waals surface area (Å²) in [5.74, 6) is 0.378. The van der Waals surface area contributed by atoms with Crippen LogP contribution in [0.4, 0.5) is 0 Å². The van der Waals surface area contributed by atoms with E-state index in [0.29, 0.717) is 28.0 Å². The van der Waals surface area contributed by atoms with Crippen molar-refractivity contribution in [3.8, 4) is 5.75 Å². The van der Waals surface area contributed by atoms with Crippen LogP contribution in [-0.4, -0.2) is 18.0 Å². The van der Waals surface area contributed by atoms with Gasteiger partial charge in [0, 0.05) is 17.1 Å². The van der Waals surface area contributed by atoms with Crippen molar-refractivity contribution in [3.63, 3.8) is 0 Å². The highest BCUT2D eigenvalue weighted by molar-refractivity contribution is 9.10. The number of halogens is 1. The second-order valence-electron chi connectivity index (χ2n) is 4.11. The van der Waals surface area contributed by atoms with Crippen molar-refractivity contribution in [3.05, 3.63) is 58.0 Å². The van der Waals surface area contributed by atoms with Crippen molar-refractivity contribution >= 4 is 27.8 Å². The van der Waals surface area contributed by atoms with E-state index in [1.165, 1.54) is 18.4 Å². The Morgan fingerprint density at radius 2 is 2.30 bits per heavy atom. The minimum absolute atomic E-state index is 0.0231. The Balaban J connectivity index is 2.29. The van der Waals surface area contributed by atoms with Crippen molar-refractivity contribution in [2.75, 3.05) is 7.11 Å². The zero-order valence-corrected chi connectivity index (χ0v) is 12.4. The minimum atomic E-state index is -0.235.